The van der Waals surface area contributed by atoms with E-state index in [-0.39, 0.29) is 23.5 Å². The Hall–Kier alpha value is -3.63. The number of carboxylic acid groups (broad SMARTS) is 1. The molecule has 11 heteroatoms. The quantitative estimate of drug-likeness (QED) is 0.189. The average molecular weight is 622 g/mol. The van der Waals surface area contributed by atoms with Gasteiger partial charge in [-0.1, -0.05) is 23.7 Å². The molecule has 0 spiro atoms. The highest BCUT2D eigenvalue weighted by Crippen LogP contribution is 2.36. The van der Waals surface area contributed by atoms with Gasteiger partial charge in [0.1, 0.15) is 18.0 Å². The Morgan fingerprint density at radius 2 is 1.93 bits per heavy atom. The molecule has 2 aliphatic rings. The molecule has 5 aromatic rings. The van der Waals surface area contributed by atoms with Crippen LogP contribution in [0.4, 0.5) is 0 Å². The minimum atomic E-state index is -0.941. The van der Waals surface area contributed by atoms with Gasteiger partial charge in [0.25, 0.3) is 0 Å². The van der Waals surface area contributed by atoms with Crippen LogP contribution in [-0.2, 0) is 24.4 Å². The van der Waals surface area contributed by atoms with Crippen LogP contribution in [0.2, 0.25) is 10.2 Å². The van der Waals surface area contributed by atoms with Crippen molar-refractivity contribution in [3.8, 4) is 5.88 Å². The van der Waals surface area contributed by atoms with Gasteiger partial charge in [-0.2, -0.15) is 0 Å². The number of hydrogen-bond acceptors (Lipinski definition) is 7. The van der Waals surface area contributed by atoms with Crippen LogP contribution in [0.25, 0.3) is 22.0 Å². The summed E-state index contributed by atoms with van der Waals surface area (Å²) in [5, 5.41) is 11.2. The summed E-state index contributed by atoms with van der Waals surface area (Å²) >= 11 is 12.4. The van der Waals surface area contributed by atoms with Crippen LogP contribution in [0.5, 0.6) is 5.88 Å². The van der Waals surface area contributed by atoms with Gasteiger partial charge in [-0.15, -0.1) is 0 Å². The molecule has 0 bridgehead atoms. The third-order valence-electron chi connectivity index (χ3n) is 8.49. The molecule has 0 radical (unpaired) electrons. The van der Waals surface area contributed by atoms with Crippen molar-refractivity contribution >= 4 is 51.2 Å². The minimum Gasteiger partial charge on any atom is -0.478 e. The lowest BCUT2D eigenvalue weighted by Crippen LogP contribution is -2.35. The van der Waals surface area contributed by atoms with Crippen molar-refractivity contribution in [1.29, 1.82) is 0 Å². The number of imidazole rings is 1. The van der Waals surface area contributed by atoms with Crippen LogP contribution in [0.1, 0.15) is 52.5 Å². The Balaban J connectivity index is 1.05. The van der Waals surface area contributed by atoms with Gasteiger partial charge in [-0.05, 0) is 80.2 Å². The van der Waals surface area contributed by atoms with Crippen LogP contribution in [0, 0.1) is 0 Å². The molecule has 7 rings (SSSR count). The number of halogens is 2. The molecule has 0 saturated carbocycles. The Bertz CT molecular complexity index is 1810. The second kappa shape index (κ2) is 11.8. The summed E-state index contributed by atoms with van der Waals surface area (Å²) in [6.45, 7) is 4.19. The number of aromatic nitrogens is 3. The zero-order valence-corrected chi connectivity index (χ0v) is 24.9. The smallest absolute Gasteiger partial charge is 0.335 e. The van der Waals surface area contributed by atoms with Crippen LogP contribution in [0.15, 0.2) is 59.1 Å². The fraction of sp³-hybridized carbons (Fsp3) is 0.344. The van der Waals surface area contributed by atoms with E-state index in [1.807, 2.05) is 18.2 Å². The number of benzene rings is 2. The zero-order chi connectivity index (χ0) is 29.5. The normalized spacial score (nSPS) is 17.9. The van der Waals surface area contributed by atoms with E-state index >= 15 is 0 Å². The molecule has 1 atom stereocenters. The van der Waals surface area contributed by atoms with Gasteiger partial charge in [-0.3, -0.25) is 4.90 Å². The number of carboxylic acids is 1. The molecule has 2 saturated heterocycles. The maximum Gasteiger partial charge on any atom is 0.335 e. The van der Waals surface area contributed by atoms with E-state index in [1.165, 1.54) is 0 Å². The Morgan fingerprint density at radius 1 is 1.09 bits per heavy atom. The first-order valence-corrected chi connectivity index (χ1v) is 15.2. The number of likely N-dealkylation sites (tertiary alicyclic amines) is 1. The topological polar surface area (TPSA) is 103 Å². The number of nitrogens with zero attached hydrogens (tertiary/aromatic N) is 4. The fourth-order valence-corrected chi connectivity index (χ4v) is 6.46. The van der Waals surface area contributed by atoms with Crippen LogP contribution < -0.4 is 4.74 Å². The number of carbonyl (C=O) groups is 1. The van der Waals surface area contributed by atoms with E-state index in [0.717, 1.165) is 72.3 Å². The maximum absolute atomic E-state index is 11.6. The first-order chi connectivity index (χ1) is 20.9. The summed E-state index contributed by atoms with van der Waals surface area (Å²) in [5.41, 5.74) is 4.48. The number of aromatic carboxylic acids is 1. The molecule has 1 N–H and O–H groups in total. The number of piperidine rings is 1. The number of rotatable bonds is 9. The number of hydrogen-bond donors (Lipinski definition) is 1. The lowest BCUT2D eigenvalue weighted by atomic mass is 9.90. The highest BCUT2D eigenvalue weighted by atomic mass is 35.5. The molecule has 3 aromatic heterocycles. The van der Waals surface area contributed by atoms with E-state index in [0.29, 0.717) is 35.5 Å². The molecular formula is C32H30Cl2N4O5. The predicted octanol–water partition coefficient (Wildman–Crippen LogP) is 6.93. The van der Waals surface area contributed by atoms with Gasteiger partial charge >= 0.3 is 5.97 Å². The van der Waals surface area contributed by atoms with E-state index in [4.69, 9.17) is 42.1 Å². The van der Waals surface area contributed by atoms with Gasteiger partial charge in [0, 0.05) is 35.4 Å². The predicted molar refractivity (Wildman–Crippen MR) is 163 cm³/mol. The van der Waals surface area contributed by atoms with Crippen molar-refractivity contribution in [3.63, 3.8) is 0 Å². The van der Waals surface area contributed by atoms with Gasteiger partial charge in [0.2, 0.25) is 5.88 Å². The van der Waals surface area contributed by atoms with E-state index in [9.17, 15) is 9.90 Å². The van der Waals surface area contributed by atoms with Crippen LogP contribution in [0.3, 0.4) is 0 Å². The summed E-state index contributed by atoms with van der Waals surface area (Å²) in [4.78, 5) is 23.5. The first-order valence-electron chi connectivity index (χ1n) is 14.4. The third-order valence-corrected chi connectivity index (χ3v) is 9.01. The fourth-order valence-electron chi connectivity index (χ4n) is 6.07. The molecule has 0 aliphatic carbocycles. The SMILES string of the molecule is O=C(O)c1ccc2nc(CN3CCC(c4cccnc4OCc4ccc(Cl)c5cc(Cl)oc45)CC3)n(C[C@@H]3CCO3)c2c1. The highest BCUT2D eigenvalue weighted by Gasteiger charge is 2.27. The van der Waals surface area contributed by atoms with Gasteiger partial charge in [0.05, 0.1) is 40.8 Å². The molecule has 2 aromatic carbocycles. The van der Waals surface area contributed by atoms with Crippen molar-refractivity contribution < 1.29 is 23.8 Å². The summed E-state index contributed by atoms with van der Waals surface area (Å²) in [6.07, 6.45) is 4.79. The Kier molecular flexibility index (Phi) is 7.73. The van der Waals surface area contributed by atoms with Crippen molar-refractivity contribution in [3.05, 3.63) is 87.5 Å². The molecule has 0 unspecified atom stereocenters. The molecule has 0 amide bonds. The Labute approximate surface area is 257 Å². The van der Waals surface area contributed by atoms with Crippen LogP contribution >= 0.6 is 23.2 Å². The number of fused-ring (bicyclic) bond motifs is 2. The summed E-state index contributed by atoms with van der Waals surface area (Å²) in [5.74, 6) is 0.926. The van der Waals surface area contributed by atoms with E-state index in [2.05, 4.69) is 20.5 Å². The van der Waals surface area contributed by atoms with E-state index in [1.54, 1.807) is 30.5 Å². The monoisotopic (exact) mass is 620 g/mol. The Morgan fingerprint density at radius 3 is 2.70 bits per heavy atom. The van der Waals surface area contributed by atoms with Gasteiger partial charge < -0.3 is 23.6 Å². The largest absolute Gasteiger partial charge is 0.478 e. The number of pyridine rings is 1. The molecule has 2 aliphatic heterocycles. The third kappa shape index (κ3) is 5.70. The molecule has 9 nitrogen and oxygen atoms in total. The van der Waals surface area contributed by atoms with Gasteiger partial charge in [0.15, 0.2) is 5.22 Å². The van der Waals surface area contributed by atoms with Crippen molar-refractivity contribution in [2.24, 2.45) is 0 Å². The molecule has 222 valence electrons. The lowest BCUT2D eigenvalue weighted by molar-refractivity contribution is -0.0592. The van der Waals surface area contributed by atoms with Crippen molar-refractivity contribution in [2.75, 3.05) is 19.7 Å². The first kappa shape index (κ1) is 28.2. The van der Waals surface area contributed by atoms with Crippen molar-refractivity contribution in [1.82, 2.24) is 19.4 Å². The standard InChI is InChI=1S/C32H30Cl2N4O5/c33-25-5-3-21(30-24(25)15-28(34)43-30)18-42-31-23(2-1-10-35-31)19-7-11-37(12-8-19)17-29-36-26-6-4-20(32(39)40)14-27(26)38(29)16-22-9-13-41-22/h1-6,10,14-15,19,22H,7-9,11-13,16-18H2,(H,39,40)/t22-/m0/s1. The van der Waals surface area contributed by atoms with Crippen molar-refractivity contribution in [2.45, 2.75) is 51.0 Å². The molecular weight excluding hydrogens is 591 g/mol. The average Bonchev–Trinajstić information content (AvgIpc) is 3.55. The maximum atomic E-state index is 11.6. The molecule has 5 heterocycles. The number of ether oxygens (including phenoxy) is 2. The number of furan rings is 1. The molecule has 2 fully saturated rings. The second-order valence-corrected chi connectivity index (χ2v) is 11.9. The lowest BCUT2D eigenvalue weighted by Gasteiger charge is -2.33. The summed E-state index contributed by atoms with van der Waals surface area (Å²) in [6, 6.07) is 14.6. The van der Waals surface area contributed by atoms with Gasteiger partial charge in [-0.25, -0.2) is 14.8 Å². The summed E-state index contributed by atoms with van der Waals surface area (Å²) < 4.78 is 19.8. The zero-order valence-electron chi connectivity index (χ0n) is 23.3. The summed E-state index contributed by atoms with van der Waals surface area (Å²) in [7, 11) is 0. The molecule has 43 heavy (non-hydrogen) atoms. The van der Waals surface area contributed by atoms with E-state index < -0.39 is 5.97 Å². The highest BCUT2D eigenvalue weighted by molar-refractivity contribution is 6.36. The minimum absolute atomic E-state index is 0.133. The van der Waals surface area contributed by atoms with Crippen LogP contribution in [-0.4, -0.2) is 56.3 Å². The second-order valence-electron chi connectivity index (χ2n) is 11.2.